The summed E-state index contributed by atoms with van der Waals surface area (Å²) in [7, 11) is 0. The summed E-state index contributed by atoms with van der Waals surface area (Å²) in [5.41, 5.74) is 3.67. The van der Waals surface area contributed by atoms with Gasteiger partial charge in [0.1, 0.15) is 19.0 Å². The van der Waals surface area contributed by atoms with Crippen molar-refractivity contribution in [3.63, 3.8) is 0 Å². The Hall–Kier alpha value is -3.78. The van der Waals surface area contributed by atoms with Gasteiger partial charge in [0.05, 0.1) is 23.7 Å². The van der Waals surface area contributed by atoms with E-state index in [1.807, 2.05) is 71.8 Å². The molecule has 0 bridgehead atoms. The van der Waals surface area contributed by atoms with Gasteiger partial charge in [-0.1, -0.05) is 80.7 Å². The number of nitrogens with zero attached hydrogens (tertiary/aromatic N) is 2. The van der Waals surface area contributed by atoms with Crippen molar-refractivity contribution in [2.45, 2.75) is 39.8 Å². The molecule has 0 unspecified atom stereocenters. The minimum Gasteiger partial charge on any atom is -0.489 e. The smallest absolute Gasteiger partial charge is 0.338 e. The second-order valence-corrected chi connectivity index (χ2v) is 10.3. The molecule has 2 aromatic rings. The Bertz CT molecular complexity index is 1280. The number of carbonyl (C=O) groups excluding carboxylic acids is 2. The lowest BCUT2D eigenvalue weighted by molar-refractivity contribution is -0.138. The number of hydrogen-bond acceptors (Lipinski definition) is 7. The van der Waals surface area contributed by atoms with E-state index >= 15 is 0 Å². The topological polar surface area (TPSA) is 80.2 Å². The van der Waals surface area contributed by atoms with Crippen molar-refractivity contribution in [3.8, 4) is 5.75 Å². The summed E-state index contributed by atoms with van der Waals surface area (Å²) in [5, 5.41) is 5.63. The van der Waals surface area contributed by atoms with E-state index in [1.54, 1.807) is 0 Å². The van der Waals surface area contributed by atoms with Gasteiger partial charge in [0.15, 0.2) is 5.17 Å². The molecule has 0 spiro atoms. The van der Waals surface area contributed by atoms with Crippen LogP contribution in [0.1, 0.15) is 44.4 Å². The SMILES string of the molecule is C=CCOC(=O)C1=C(C)N=C2SC=C(CC(=O)NCC(C)C)N2[C@@H]1c1cccc(OCc2ccccc2)c1. The summed E-state index contributed by atoms with van der Waals surface area (Å²) >= 11 is 1.45. The predicted octanol–water partition coefficient (Wildman–Crippen LogP) is 5.73. The van der Waals surface area contributed by atoms with Crippen LogP contribution in [0, 0.1) is 5.92 Å². The van der Waals surface area contributed by atoms with Crippen LogP contribution in [0.5, 0.6) is 5.75 Å². The van der Waals surface area contributed by atoms with Crippen LogP contribution in [0.25, 0.3) is 0 Å². The van der Waals surface area contributed by atoms with E-state index in [-0.39, 0.29) is 18.9 Å². The molecular formula is C30H33N3O4S. The second-order valence-electron chi connectivity index (χ2n) is 9.50. The van der Waals surface area contributed by atoms with Gasteiger partial charge in [-0.05, 0) is 41.5 Å². The Kier molecular flexibility index (Phi) is 9.07. The normalized spacial score (nSPS) is 16.5. The molecular weight excluding hydrogens is 498 g/mol. The van der Waals surface area contributed by atoms with Crippen molar-refractivity contribution in [1.29, 1.82) is 0 Å². The van der Waals surface area contributed by atoms with Gasteiger partial charge in [-0.15, -0.1) is 0 Å². The highest BCUT2D eigenvalue weighted by Crippen LogP contribution is 2.45. The Morgan fingerprint density at radius 1 is 1.18 bits per heavy atom. The molecule has 7 nitrogen and oxygen atoms in total. The maximum absolute atomic E-state index is 13.3. The molecule has 2 heterocycles. The highest BCUT2D eigenvalue weighted by molar-refractivity contribution is 8.16. The van der Waals surface area contributed by atoms with E-state index in [0.717, 1.165) is 22.0 Å². The zero-order chi connectivity index (χ0) is 27.1. The third kappa shape index (κ3) is 6.55. The van der Waals surface area contributed by atoms with Gasteiger partial charge in [0.25, 0.3) is 0 Å². The molecule has 0 fully saturated rings. The van der Waals surface area contributed by atoms with Gasteiger partial charge >= 0.3 is 5.97 Å². The van der Waals surface area contributed by atoms with Crippen LogP contribution in [-0.2, 0) is 20.9 Å². The third-order valence-electron chi connectivity index (χ3n) is 6.02. The number of aliphatic imine (C=N–C) groups is 1. The van der Waals surface area contributed by atoms with Crippen molar-refractivity contribution >= 4 is 28.8 Å². The number of hydrogen-bond donors (Lipinski definition) is 1. The monoisotopic (exact) mass is 531 g/mol. The molecule has 2 aliphatic heterocycles. The number of amidine groups is 1. The first-order chi connectivity index (χ1) is 18.4. The van der Waals surface area contributed by atoms with Crippen molar-refractivity contribution < 1.29 is 19.1 Å². The molecule has 0 aromatic heterocycles. The lowest BCUT2D eigenvalue weighted by atomic mass is 9.93. The van der Waals surface area contributed by atoms with Crippen LogP contribution in [0.4, 0.5) is 0 Å². The number of benzene rings is 2. The van der Waals surface area contributed by atoms with E-state index in [2.05, 4.69) is 25.7 Å². The zero-order valence-corrected chi connectivity index (χ0v) is 22.8. The van der Waals surface area contributed by atoms with Crippen LogP contribution in [0.3, 0.4) is 0 Å². The van der Waals surface area contributed by atoms with Crippen molar-refractivity contribution in [3.05, 3.63) is 101 Å². The lowest BCUT2D eigenvalue weighted by Gasteiger charge is -2.36. The standard InChI is InChI=1S/C30H33N3O4S/c1-5-14-36-29(35)27-21(4)32-30-33(24(19-38-30)16-26(34)31-17-20(2)3)28(27)23-12-9-13-25(15-23)37-18-22-10-7-6-8-11-22/h5-13,15,19-20,28H,1,14,16-18H2,2-4H3,(H,31,34)/t28-/m1/s1. The van der Waals surface area contributed by atoms with E-state index < -0.39 is 12.0 Å². The summed E-state index contributed by atoms with van der Waals surface area (Å²) < 4.78 is 11.6. The number of carbonyl (C=O) groups is 2. The fourth-order valence-electron chi connectivity index (χ4n) is 4.22. The first-order valence-electron chi connectivity index (χ1n) is 12.6. The van der Waals surface area contributed by atoms with Crippen LogP contribution in [-0.4, -0.2) is 35.1 Å². The number of allylic oxidation sites excluding steroid dienone is 1. The Balaban J connectivity index is 1.66. The van der Waals surface area contributed by atoms with Crippen LogP contribution >= 0.6 is 11.8 Å². The number of nitrogens with one attached hydrogen (secondary N) is 1. The lowest BCUT2D eigenvalue weighted by Crippen LogP contribution is -2.38. The van der Waals surface area contributed by atoms with Gasteiger partial charge in [-0.3, -0.25) is 4.79 Å². The fraction of sp³-hybridized carbons (Fsp3) is 0.300. The first-order valence-corrected chi connectivity index (χ1v) is 13.5. The Morgan fingerprint density at radius 3 is 2.71 bits per heavy atom. The first kappa shape index (κ1) is 27.3. The Labute approximate surface area is 228 Å². The van der Waals surface area contributed by atoms with E-state index in [0.29, 0.717) is 36.1 Å². The summed E-state index contributed by atoms with van der Waals surface area (Å²) in [5.74, 6) is 0.485. The molecule has 0 saturated carbocycles. The molecule has 1 amide bonds. The van der Waals surface area contributed by atoms with Crippen LogP contribution in [0.15, 0.2) is 94.6 Å². The molecule has 2 aromatic carbocycles. The molecule has 8 heteroatoms. The molecule has 1 N–H and O–H groups in total. The highest BCUT2D eigenvalue weighted by Gasteiger charge is 2.41. The number of rotatable bonds is 11. The van der Waals surface area contributed by atoms with Crippen LogP contribution < -0.4 is 10.1 Å². The maximum atomic E-state index is 13.3. The van der Waals surface area contributed by atoms with Gasteiger partial charge in [-0.2, -0.15) is 0 Å². The van der Waals surface area contributed by atoms with Gasteiger partial charge in [-0.25, -0.2) is 9.79 Å². The highest BCUT2D eigenvalue weighted by atomic mass is 32.2. The van der Waals surface area contributed by atoms with E-state index in [1.165, 1.54) is 17.8 Å². The minimum atomic E-state index is -0.528. The zero-order valence-electron chi connectivity index (χ0n) is 22.0. The van der Waals surface area contributed by atoms with E-state index in [4.69, 9.17) is 14.5 Å². The average Bonchev–Trinajstić information content (AvgIpc) is 3.30. The molecule has 0 saturated heterocycles. The van der Waals surface area contributed by atoms with Crippen molar-refractivity contribution in [1.82, 2.24) is 10.2 Å². The second kappa shape index (κ2) is 12.6. The largest absolute Gasteiger partial charge is 0.489 e. The molecule has 2 aliphatic rings. The summed E-state index contributed by atoms with van der Waals surface area (Å²) in [6.45, 7) is 10.7. The van der Waals surface area contributed by atoms with Crippen LogP contribution in [0.2, 0.25) is 0 Å². The Morgan fingerprint density at radius 2 is 1.97 bits per heavy atom. The van der Waals surface area contributed by atoms with Gasteiger partial charge in [0.2, 0.25) is 5.91 Å². The summed E-state index contributed by atoms with van der Waals surface area (Å²) in [6, 6.07) is 17.1. The maximum Gasteiger partial charge on any atom is 0.338 e. The van der Waals surface area contributed by atoms with Gasteiger partial charge in [0, 0.05) is 12.2 Å². The van der Waals surface area contributed by atoms with Crippen molar-refractivity contribution in [2.24, 2.45) is 10.9 Å². The number of amides is 1. The molecule has 1 atom stereocenters. The number of ether oxygens (including phenoxy) is 2. The third-order valence-corrected chi connectivity index (χ3v) is 6.91. The number of fused-ring (bicyclic) bond motifs is 1. The van der Waals surface area contributed by atoms with Gasteiger partial charge < -0.3 is 19.7 Å². The number of thioether (sulfide) groups is 1. The molecule has 4 rings (SSSR count). The fourth-order valence-corrected chi connectivity index (χ4v) is 5.18. The summed E-state index contributed by atoms with van der Waals surface area (Å²) in [6.07, 6.45) is 1.71. The quantitative estimate of drug-likeness (QED) is 0.295. The average molecular weight is 532 g/mol. The minimum absolute atomic E-state index is 0.0763. The van der Waals surface area contributed by atoms with Crippen molar-refractivity contribution in [2.75, 3.05) is 13.2 Å². The molecule has 0 aliphatic carbocycles. The molecule has 198 valence electrons. The predicted molar refractivity (Wildman–Crippen MR) is 151 cm³/mol. The molecule has 38 heavy (non-hydrogen) atoms. The van der Waals surface area contributed by atoms with E-state index in [9.17, 15) is 9.59 Å². The molecule has 0 radical (unpaired) electrons. The number of esters is 1. The summed E-state index contributed by atoms with van der Waals surface area (Å²) in [4.78, 5) is 32.7.